The molecule has 0 atom stereocenters. The molecule has 2 heterocycles. The van der Waals surface area contributed by atoms with Gasteiger partial charge in [0, 0.05) is 17.5 Å². The highest BCUT2D eigenvalue weighted by atomic mass is 79.9. The van der Waals surface area contributed by atoms with Crippen LogP contribution in [0, 0.1) is 6.92 Å². The summed E-state index contributed by atoms with van der Waals surface area (Å²) in [5.74, 6) is 2.19. The van der Waals surface area contributed by atoms with Crippen molar-refractivity contribution in [3.63, 3.8) is 0 Å². The number of fused-ring (bicyclic) bond motifs is 1. The number of aryl methyl sites for hydroxylation is 2. The number of aromatic nitrogens is 1. The van der Waals surface area contributed by atoms with Crippen LogP contribution in [0.1, 0.15) is 17.8 Å². The molecule has 0 saturated carbocycles. The molecular formula is C16H15Br2NO4. The molecule has 7 heteroatoms. The maximum Gasteiger partial charge on any atom is 0.231 e. The minimum atomic E-state index is -0.0343. The fourth-order valence-corrected chi connectivity index (χ4v) is 3.38. The maximum absolute atomic E-state index is 12.0. The predicted octanol–water partition coefficient (Wildman–Crippen LogP) is 3.95. The summed E-state index contributed by atoms with van der Waals surface area (Å²) >= 11 is 6.63. The Bertz CT molecular complexity index is 788. The van der Waals surface area contributed by atoms with Gasteiger partial charge in [0.15, 0.2) is 11.5 Å². The monoisotopic (exact) mass is 443 g/mol. The van der Waals surface area contributed by atoms with Crippen molar-refractivity contribution in [2.24, 2.45) is 0 Å². The van der Waals surface area contributed by atoms with Crippen molar-refractivity contribution in [3.05, 3.63) is 48.8 Å². The molecule has 0 aliphatic carbocycles. The van der Waals surface area contributed by atoms with Crippen molar-refractivity contribution in [1.82, 2.24) is 4.98 Å². The van der Waals surface area contributed by atoms with Crippen LogP contribution in [0.15, 0.2) is 31.9 Å². The number of benzene rings is 1. The number of halogens is 2. The number of rotatable bonds is 5. The molecule has 23 heavy (non-hydrogen) atoms. The lowest BCUT2D eigenvalue weighted by molar-refractivity contribution is 0.173. The van der Waals surface area contributed by atoms with Crippen LogP contribution in [-0.2, 0) is 6.42 Å². The van der Waals surface area contributed by atoms with Crippen molar-refractivity contribution >= 4 is 31.9 Å². The fraction of sp³-hybridized carbons (Fsp3) is 0.312. The molecule has 1 N–H and O–H groups in total. The van der Waals surface area contributed by atoms with E-state index in [-0.39, 0.29) is 12.2 Å². The maximum atomic E-state index is 12.0. The normalized spacial score (nSPS) is 12.5. The Balaban J connectivity index is 1.57. The third-order valence-electron chi connectivity index (χ3n) is 3.52. The summed E-state index contributed by atoms with van der Waals surface area (Å²) in [6.45, 7) is 2.66. The van der Waals surface area contributed by atoms with Gasteiger partial charge in [-0.2, -0.15) is 0 Å². The molecule has 0 unspecified atom stereocenters. The molecule has 5 nitrogen and oxygen atoms in total. The van der Waals surface area contributed by atoms with E-state index in [1.807, 2.05) is 25.1 Å². The van der Waals surface area contributed by atoms with Gasteiger partial charge in [0.05, 0.1) is 15.6 Å². The molecule has 1 aliphatic heterocycles. The standard InChI is InChI=1S/C16H15Br2NO4/c1-9-14(17)16(20)15(18)11(19-9)3-2-6-21-10-4-5-12-13(7-10)23-8-22-12/h4-5,7H,2-3,6,8H2,1H3,(H,19,20). The Morgan fingerprint density at radius 3 is 2.83 bits per heavy atom. The first-order valence-electron chi connectivity index (χ1n) is 7.15. The zero-order chi connectivity index (χ0) is 16.4. The van der Waals surface area contributed by atoms with Crippen LogP contribution in [0.4, 0.5) is 0 Å². The molecule has 122 valence electrons. The van der Waals surface area contributed by atoms with E-state index in [0.717, 1.165) is 29.3 Å². The smallest absolute Gasteiger partial charge is 0.231 e. The van der Waals surface area contributed by atoms with Crippen LogP contribution < -0.4 is 19.6 Å². The minimum Gasteiger partial charge on any atom is -0.493 e. The number of pyridine rings is 1. The van der Waals surface area contributed by atoms with Crippen LogP contribution in [0.2, 0.25) is 0 Å². The van der Waals surface area contributed by atoms with E-state index in [1.54, 1.807) is 0 Å². The van der Waals surface area contributed by atoms with Gasteiger partial charge in [0.25, 0.3) is 0 Å². The molecule has 1 aromatic heterocycles. The van der Waals surface area contributed by atoms with Gasteiger partial charge >= 0.3 is 0 Å². The molecule has 0 amide bonds. The Labute approximate surface area is 150 Å². The molecule has 0 spiro atoms. The summed E-state index contributed by atoms with van der Waals surface area (Å²) in [6, 6.07) is 5.52. The largest absolute Gasteiger partial charge is 0.493 e. The molecule has 3 rings (SSSR count). The lowest BCUT2D eigenvalue weighted by Crippen LogP contribution is -2.12. The number of nitrogens with one attached hydrogen (secondary N) is 1. The molecule has 2 aromatic rings. The van der Waals surface area contributed by atoms with Crippen LogP contribution in [0.5, 0.6) is 17.2 Å². The average molecular weight is 445 g/mol. The summed E-state index contributed by atoms with van der Waals surface area (Å²) in [5.41, 5.74) is 1.67. The molecule has 0 radical (unpaired) electrons. The minimum absolute atomic E-state index is 0.0343. The Morgan fingerprint density at radius 2 is 2.00 bits per heavy atom. The van der Waals surface area contributed by atoms with E-state index < -0.39 is 0 Å². The van der Waals surface area contributed by atoms with E-state index >= 15 is 0 Å². The van der Waals surface area contributed by atoms with Crippen molar-refractivity contribution in [1.29, 1.82) is 0 Å². The van der Waals surface area contributed by atoms with Crippen LogP contribution in [-0.4, -0.2) is 18.4 Å². The Kier molecular flexibility index (Phi) is 4.96. The molecular weight excluding hydrogens is 430 g/mol. The lowest BCUT2D eigenvalue weighted by atomic mass is 10.2. The Hall–Kier alpha value is -1.47. The van der Waals surface area contributed by atoms with Gasteiger partial charge in [-0.05, 0) is 63.8 Å². The summed E-state index contributed by atoms with van der Waals surface area (Å²) in [5, 5.41) is 0. The average Bonchev–Trinajstić information content (AvgIpc) is 3.01. The summed E-state index contributed by atoms with van der Waals surface area (Å²) in [7, 11) is 0. The zero-order valence-electron chi connectivity index (χ0n) is 12.4. The third kappa shape index (κ3) is 3.55. The van der Waals surface area contributed by atoms with Gasteiger partial charge in [0.2, 0.25) is 12.2 Å². The van der Waals surface area contributed by atoms with Crippen molar-refractivity contribution in [2.45, 2.75) is 19.8 Å². The third-order valence-corrected chi connectivity index (χ3v) is 5.31. The highest BCUT2D eigenvalue weighted by Gasteiger charge is 2.14. The van der Waals surface area contributed by atoms with E-state index in [1.165, 1.54) is 0 Å². The van der Waals surface area contributed by atoms with E-state index in [4.69, 9.17) is 14.2 Å². The van der Waals surface area contributed by atoms with Gasteiger partial charge in [-0.15, -0.1) is 0 Å². The quantitative estimate of drug-likeness (QED) is 0.709. The van der Waals surface area contributed by atoms with Crippen molar-refractivity contribution < 1.29 is 14.2 Å². The fourth-order valence-electron chi connectivity index (χ4n) is 2.32. The molecule has 0 bridgehead atoms. The van der Waals surface area contributed by atoms with Crippen LogP contribution >= 0.6 is 31.9 Å². The molecule has 1 aliphatic rings. The summed E-state index contributed by atoms with van der Waals surface area (Å²) < 4.78 is 17.4. The second-order valence-corrected chi connectivity index (χ2v) is 6.74. The van der Waals surface area contributed by atoms with Crippen molar-refractivity contribution in [3.8, 4) is 17.2 Å². The first kappa shape index (κ1) is 16.4. The number of aromatic amines is 1. The number of H-pyrrole nitrogens is 1. The first-order chi connectivity index (χ1) is 11.1. The van der Waals surface area contributed by atoms with Gasteiger partial charge in [-0.1, -0.05) is 0 Å². The topological polar surface area (TPSA) is 60.6 Å². The second-order valence-electron chi connectivity index (χ2n) is 5.15. The number of hydrogen-bond acceptors (Lipinski definition) is 4. The van der Waals surface area contributed by atoms with E-state index in [0.29, 0.717) is 27.7 Å². The van der Waals surface area contributed by atoms with Gasteiger partial charge in [-0.25, -0.2) is 0 Å². The Morgan fingerprint density at radius 1 is 1.22 bits per heavy atom. The summed E-state index contributed by atoms with van der Waals surface area (Å²) in [4.78, 5) is 15.2. The number of ether oxygens (including phenoxy) is 3. The van der Waals surface area contributed by atoms with Crippen LogP contribution in [0.25, 0.3) is 0 Å². The second kappa shape index (κ2) is 6.97. The SMILES string of the molecule is Cc1[nH]c(CCCOc2ccc3c(c2)OCO3)c(Br)c(=O)c1Br. The van der Waals surface area contributed by atoms with Crippen LogP contribution in [0.3, 0.4) is 0 Å². The first-order valence-corrected chi connectivity index (χ1v) is 8.74. The molecule has 1 aromatic carbocycles. The van der Waals surface area contributed by atoms with Gasteiger partial charge < -0.3 is 19.2 Å². The highest BCUT2D eigenvalue weighted by Crippen LogP contribution is 2.35. The highest BCUT2D eigenvalue weighted by molar-refractivity contribution is 9.11. The summed E-state index contributed by atoms with van der Waals surface area (Å²) in [6.07, 6.45) is 1.50. The van der Waals surface area contributed by atoms with Gasteiger partial charge in [-0.3, -0.25) is 4.79 Å². The van der Waals surface area contributed by atoms with Crippen molar-refractivity contribution in [2.75, 3.05) is 13.4 Å². The zero-order valence-corrected chi connectivity index (χ0v) is 15.6. The number of hydrogen-bond donors (Lipinski definition) is 1. The van der Waals surface area contributed by atoms with Gasteiger partial charge in [0.1, 0.15) is 5.75 Å². The molecule has 0 saturated heterocycles. The van der Waals surface area contributed by atoms with E-state index in [9.17, 15) is 4.79 Å². The molecule has 0 fully saturated rings. The van der Waals surface area contributed by atoms with E-state index in [2.05, 4.69) is 36.8 Å². The lowest BCUT2D eigenvalue weighted by Gasteiger charge is -2.09. The predicted molar refractivity (Wildman–Crippen MR) is 93.6 cm³/mol.